The Morgan fingerprint density at radius 1 is 1.03 bits per heavy atom. The molecule has 39 heavy (non-hydrogen) atoms. The molecule has 12 heteroatoms. The number of cyclic esters (lactones) is 1. The topological polar surface area (TPSA) is 145 Å². The number of likely N-dealkylation sites (N-methyl/N-ethyl adjacent to an activating group) is 2. The SMILES string of the molecule is C=CC[C@H]1OC(=O)CCNC(=O)[C@H](C)N(C)C(=O)[C@H](C(C)C)N(C)C(=O)[C@H](CC)NC(=O)[C@@H]2CCCN2C1=O. The number of nitrogens with one attached hydrogen (secondary N) is 2. The smallest absolute Gasteiger partial charge is 0.308 e. The van der Waals surface area contributed by atoms with Gasteiger partial charge in [-0.15, -0.1) is 6.58 Å². The molecule has 218 valence electrons. The summed E-state index contributed by atoms with van der Waals surface area (Å²) in [6.45, 7) is 10.8. The molecule has 2 saturated heterocycles. The lowest BCUT2D eigenvalue weighted by Crippen LogP contribution is -2.59. The van der Waals surface area contributed by atoms with Gasteiger partial charge in [0.15, 0.2) is 6.10 Å². The fraction of sp³-hybridized carbons (Fsp3) is 0.704. The van der Waals surface area contributed by atoms with Crippen molar-refractivity contribution in [2.24, 2.45) is 5.92 Å². The van der Waals surface area contributed by atoms with Gasteiger partial charge in [-0.05, 0) is 32.1 Å². The Morgan fingerprint density at radius 2 is 1.69 bits per heavy atom. The van der Waals surface area contributed by atoms with E-state index in [9.17, 15) is 28.8 Å². The molecular weight excluding hydrogens is 506 g/mol. The normalized spacial score (nSPS) is 28.8. The second-order valence-electron chi connectivity index (χ2n) is 10.5. The Morgan fingerprint density at radius 3 is 2.28 bits per heavy atom. The van der Waals surface area contributed by atoms with Gasteiger partial charge in [0.1, 0.15) is 24.2 Å². The minimum absolute atomic E-state index is 0.0576. The highest BCUT2D eigenvalue weighted by atomic mass is 16.5. The van der Waals surface area contributed by atoms with Crippen LogP contribution in [0.4, 0.5) is 0 Å². The van der Waals surface area contributed by atoms with Crippen molar-refractivity contribution < 1.29 is 33.5 Å². The first kappa shape index (κ1) is 31.8. The van der Waals surface area contributed by atoms with Crippen molar-refractivity contribution in [3.05, 3.63) is 12.7 Å². The Balaban J connectivity index is 2.45. The van der Waals surface area contributed by atoms with Crippen LogP contribution in [-0.2, 0) is 33.5 Å². The van der Waals surface area contributed by atoms with Crippen LogP contribution >= 0.6 is 0 Å². The zero-order valence-corrected chi connectivity index (χ0v) is 23.9. The lowest BCUT2D eigenvalue weighted by Gasteiger charge is -2.37. The minimum Gasteiger partial charge on any atom is -0.452 e. The van der Waals surface area contributed by atoms with Crippen molar-refractivity contribution in [3.63, 3.8) is 0 Å². The fourth-order valence-electron chi connectivity index (χ4n) is 4.95. The predicted molar refractivity (Wildman–Crippen MR) is 143 cm³/mol. The largest absolute Gasteiger partial charge is 0.452 e. The molecule has 12 nitrogen and oxygen atoms in total. The average molecular weight is 550 g/mol. The number of carbonyl (C=O) groups is 6. The summed E-state index contributed by atoms with van der Waals surface area (Å²) < 4.78 is 5.42. The zero-order valence-electron chi connectivity index (χ0n) is 23.9. The van der Waals surface area contributed by atoms with Crippen molar-refractivity contribution in [2.45, 2.75) is 90.1 Å². The summed E-state index contributed by atoms with van der Waals surface area (Å²) in [5.41, 5.74) is 0. The molecule has 0 unspecified atom stereocenters. The standard InChI is InChI=1S/C27H43N5O7/c1-8-11-20-26(37)32-15-10-12-19(32)24(35)29-18(9-2)25(36)31(7)22(16(3)4)27(38)30(6)17(5)23(34)28-14-13-21(33)39-20/h8,16-20,22H,1,9-15H2,2-7H3,(H,28,34)(H,29,35)/t17-,18-,19-,20+,22-/m0/s1. The monoisotopic (exact) mass is 549 g/mol. The van der Waals surface area contributed by atoms with Crippen molar-refractivity contribution in [2.75, 3.05) is 27.2 Å². The van der Waals surface area contributed by atoms with Gasteiger partial charge in [-0.3, -0.25) is 28.8 Å². The maximum Gasteiger partial charge on any atom is 0.308 e. The van der Waals surface area contributed by atoms with E-state index in [-0.39, 0.29) is 31.7 Å². The number of rotatable bonds is 4. The van der Waals surface area contributed by atoms with Crippen LogP contribution in [-0.4, -0.2) is 108 Å². The van der Waals surface area contributed by atoms with E-state index in [4.69, 9.17) is 4.74 Å². The molecule has 0 aromatic carbocycles. The number of ether oxygens (including phenoxy) is 1. The van der Waals surface area contributed by atoms with Gasteiger partial charge in [0.2, 0.25) is 23.6 Å². The number of hydrogen-bond donors (Lipinski definition) is 2. The molecule has 5 amide bonds. The first-order chi connectivity index (χ1) is 18.3. The molecule has 0 aromatic rings. The van der Waals surface area contributed by atoms with Crippen molar-refractivity contribution >= 4 is 35.5 Å². The summed E-state index contributed by atoms with van der Waals surface area (Å²) >= 11 is 0. The molecule has 0 aliphatic carbocycles. The molecule has 0 saturated carbocycles. The van der Waals surface area contributed by atoms with Gasteiger partial charge >= 0.3 is 5.97 Å². The number of carbonyl (C=O) groups excluding carboxylic acids is 6. The highest BCUT2D eigenvalue weighted by molar-refractivity contribution is 5.96. The quantitative estimate of drug-likeness (QED) is 0.377. The number of fused-ring (bicyclic) bond motifs is 1. The minimum atomic E-state index is -1.16. The summed E-state index contributed by atoms with van der Waals surface area (Å²) in [5.74, 6) is -3.33. The molecule has 2 rings (SSSR count). The van der Waals surface area contributed by atoms with Crippen LogP contribution in [0.5, 0.6) is 0 Å². The summed E-state index contributed by atoms with van der Waals surface area (Å²) in [6, 6.07) is -3.52. The van der Waals surface area contributed by atoms with Gasteiger partial charge in [-0.2, -0.15) is 0 Å². The van der Waals surface area contributed by atoms with E-state index in [0.717, 1.165) is 0 Å². The van der Waals surface area contributed by atoms with E-state index in [1.165, 1.54) is 34.9 Å². The van der Waals surface area contributed by atoms with E-state index in [2.05, 4.69) is 17.2 Å². The molecule has 0 aromatic heterocycles. The highest BCUT2D eigenvalue weighted by Gasteiger charge is 2.41. The Kier molecular flexibility index (Phi) is 11.5. The highest BCUT2D eigenvalue weighted by Crippen LogP contribution is 2.22. The summed E-state index contributed by atoms with van der Waals surface area (Å²) in [6.07, 6.45) is 1.40. The first-order valence-corrected chi connectivity index (χ1v) is 13.6. The van der Waals surface area contributed by atoms with Crippen LogP contribution in [0.2, 0.25) is 0 Å². The van der Waals surface area contributed by atoms with E-state index in [1.54, 1.807) is 27.7 Å². The first-order valence-electron chi connectivity index (χ1n) is 13.6. The number of amides is 5. The van der Waals surface area contributed by atoms with Crippen LogP contribution in [0.3, 0.4) is 0 Å². The Labute approximate surface area is 230 Å². The molecule has 2 fully saturated rings. The zero-order chi connectivity index (χ0) is 29.4. The number of esters is 1. The third-order valence-corrected chi connectivity index (χ3v) is 7.38. The van der Waals surface area contributed by atoms with Gasteiger partial charge in [-0.25, -0.2) is 0 Å². The van der Waals surface area contributed by atoms with Crippen LogP contribution in [0.15, 0.2) is 12.7 Å². The van der Waals surface area contributed by atoms with Gasteiger partial charge in [0, 0.05) is 33.6 Å². The fourth-order valence-corrected chi connectivity index (χ4v) is 4.95. The summed E-state index contributed by atoms with van der Waals surface area (Å²) in [4.78, 5) is 82.9. The Hall–Kier alpha value is -3.44. The molecule has 2 N–H and O–H groups in total. The lowest BCUT2D eigenvalue weighted by molar-refractivity contribution is -0.161. The van der Waals surface area contributed by atoms with E-state index in [1.807, 2.05) is 0 Å². The Bertz CT molecular complexity index is 968. The van der Waals surface area contributed by atoms with Gasteiger partial charge in [-0.1, -0.05) is 26.8 Å². The average Bonchev–Trinajstić information content (AvgIpc) is 3.39. The van der Waals surface area contributed by atoms with E-state index >= 15 is 0 Å². The molecular formula is C27H43N5O7. The van der Waals surface area contributed by atoms with Gasteiger partial charge < -0.3 is 30.1 Å². The predicted octanol–water partition coefficient (Wildman–Crippen LogP) is 0.210. The van der Waals surface area contributed by atoms with Crippen LogP contribution < -0.4 is 10.6 Å². The number of hydrogen-bond acceptors (Lipinski definition) is 7. The number of nitrogens with zero attached hydrogens (tertiary/aromatic N) is 3. The summed E-state index contributed by atoms with van der Waals surface area (Å²) in [5, 5.41) is 5.39. The van der Waals surface area contributed by atoms with E-state index in [0.29, 0.717) is 19.4 Å². The van der Waals surface area contributed by atoms with Crippen molar-refractivity contribution in [1.29, 1.82) is 0 Å². The van der Waals surface area contributed by atoms with Crippen molar-refractivity contribution in [3.8, 4) is 0 Å². The maximum atomic E-state index is 13.5. The van der Waals surface area contributed by atoms with Gasteiger partial charge in [0.05, 0.1) is 6.42 Å². The van der Waals surface area contributed by atoms with Crippen LogP contribution in [0.1, 0.15) is 59.8 Å². The molecule has 2 aliphatic rings. The maximum absolute atomic E-state index is 13.5. The molecule has 0 spiro atoms. The van der Waals surface area contributed by atoms with Crippen LogP contribution in [0.25, 0.3) is 0 Å². The van der Waals surface area contributed by atoms with Crippen LogP contribution in [0, 0.1) is 5.92 Å². The van der Waals surface area contributed by atoms with E-state index < -0.39 is 65.8 Å². The summed E-state index contributed by atoms with van der Waals surface area (Å²) in [7, 11) is 2.99. The second kappa shape index (κ2) is 14.1. The molecule has 0 radical (unpaired) electrons. The van der Waals surface area contributed by atoms with Gasteiger partial charge in [0.25, 0.3) is 5.91 Å². The molecule has 2 aliphatic heterocycles. The molecule has 2 heterocycles. The third kappa shape index (κ3) is 7.57. The molecule has 0 bridgehead atoms. The lowest BCUT2D eigenvalue weighted by atomic mass is 9.99. The van der Waals surface area contributed by atoms with Crippen molar-refractivity contribution in [1.82, 2.24) is 25.3 Å². The second-order valence-corrected chi connectivity index (χ2v) is 10.5. The third-order valence-electron chi connectivity index (χ3n) is 7.38. The molecule has 5 atom stereocenters.